The molecule has 0 aromatic carbocycles. The van der Waals surface area contributed by atoms with Gasteiger partial charge in [0.05, 0.1) is 13.2 Å². The van der Waals surface area contributed by atoms with Crippen molar-refractivity contribution in [2.24, 2.45) is 0 Å². The molecule has 0 radical (unpaired) electrons. The van der Waals surface area contributed by atoms with E-state index in [9.17, 15) is 9.59 Å². The van der Waals surface area contributed by atoms with Gasteiger partial charge in [-0.25, -0.2) is 0 Å². The minimum atomic E-state index is -0.406. The minimum Gasteiger partial charge on any atom is -0.461 e. The molecule has 0 aliphatic carbocycles. The first-order valence-electron chi connectivity index (χ1n) is 6.60. The Morgan fingerprint density at radius 1 is 1.19 bits per heavy atom. The lowest BCUT2D eigenvalue weighted by atomic mass is 10.3. The number of carbonyl (C=O) groups is 2. The standard InChI is InChI=1S/C12H18I3NO5/c1-8(13)11(17)20-7-9(21-12(18)10(14)15)6-16-2-4-19-5-3-16/h8-10H,2-7H2,1H3/p+1. The number of nitrogens with one attached hydrogen (secondary N) is 1. The van der Waals surface area contributed by atoms with E-state index < -0.39 is 6.10 Å². The molecule has 122 valence electrons. The van der Waals surface area contributed by atoms with Crippen molar-refractivity contribution in [1.82, 2.24) is 0 Å². The first-order valence-corrected chi connectivity index (χ1v) is 10.3. The summed E-state index contributed by atoms with van der Waals surface area (Å²) in [6.07, 6.45) is -0.406. The van der Waals surface area contributed by atoms with Crippen molar-refractivity contribution in [3.05, 3.63) is 0 Å². The lowest BCUT2D eigenvalue weighted by molar-refractivity contribution is -0.910. The van der Waals surface area contributed by atoms with Gasteiger partial charge in [0.25, 0.3) is 0 Å². The van der Waals surface area contributed by atoms with Crippen molar-refractivity contribution in [3.8, 4) is 0 Å². The fraction of sp³-hybridized carbons (Fsp3) is 0.833. The number of rotatable bonds is 7. The predicted molar refractivity (Wildman–Crippen MR) is 103 cm³/mol. The van der Waals surface area contributed by atoms with Gasteiger partial charge in [-0.15, -0.1) is 0 Å². The van der Waals surface area contributed by atoms with Gasteiger partial charge in [-0.2, -0.15) is 0 Å². The second kappa shape index (κ2) is 10.8. The van der Waals surface area contributed by atoms with E-state index in [1.165, 1.54) is 4.90 Å². The van der Waals surface area contributed by atoms with Crippen LogP contribution in [-0.4, -0.2) is 63.4 Å². The van der Waals surface area contributed by atoms with Crippen molar-refractivity contribution in [2.45, 2.75) is 18.9 Å². The normalized spacial score (nSPS) is 19.1. The minimum absolute atomic E-state index is 0.113. The van der Waals surface area contributed by atoms with Gasteiger partial charge in [0.1, 0.15) is 30.2 Å². The molecule has 1 rings (SSSR count). The van der Waals surface area contributed by atoms with Crippen LogP contribution in [-0.2, 0) is 23.8 Å². The molecule has 2 atom stereocenters. The maximum absolute atomic E-state index is 11.8. The molecule has 2 unspecified atom stereocenters. The van der Waals surface area contributed by atoms with Gasteiger partial charge in [-0.1, -0.05) is 67.8 Å². The Bertz CT molecular complexity index is 348. The van der Waals surface area contributed by atoms with Crippen LogP contribution in [0.4, 0.5) is 0 Å². The molecule has 0 bridgehead atoms. The van der Waals surface area contributed by atoms with E-state index in [-0.39, 0.29) is 24.4 Å². The summed E-state index contributed by atoms with van der Waals surface area (Å²) in [5.41, 5.74) is 0. The Morgan fingerprint density at radius 2 is 1.81 bits per heavy atom. The van der Waals surface area contributed by atoms with Gasteiger partial charge in [0, 0.05) is 0 Å². The summed E-state index contributed by atoms with van der Waals surface area (Å²) in [5.74, 6) is -0.568. The van der Waals surface area contributed by atoms with Crippen LogP contribution in [0, 0.1) is 0 Å². The summed E-state index contributed by atoms with van der Waals surface area (Å²) in [7, 11) is 0. The number of hydrogen-bond acceptors (Lipinski definition) is 5. The molecule has 1 N–H and O–H groups in total. The third-order valence-electron chi connectivity index (χ3n) is 2.91. The molecule has 1 heterocycles. The molecule has 0 aromatic heterocycles. The molecule has 1 fully saturated rings. The number of ether oxygens (including phenoxy) is 3. The highest BCUT2D eigenvalue weighted by molar-refractivity contribution is 14.2. The number of halogens is 3. The van der Waals surface area contributed by atoms with Crippen LogP contribution in [0.1, 0.15) is 6.92 Å². The van der Waals surface area contributed by atoms with Crippen molar-refractivity contribution >= 4 is 79.7 Å². The molecular weight excluding hydrogens is 619 g/mol. The number of hydrogen-bond donors (Lipinski definition) is 1. The summed E-state index contributed by atoms with van der Waals surface area (Å²) < 4.78 is 15.5. The first-order chi connectivity index (χ1) is 9.90. The SMILES string of the molecule is CC(I)C(=O)OCC(C[NH+]1CCOCC1)OC(=O)C(I)I. The van der Waals surface area contributed by atoms with Crippen LogP contribution in [0.15, 0.2) is 0 Å². The number of alkyl halides is 3. The van der Waals surface area contributed by atoms with Crippen molar-refractivity contribution in [2.75, 3.05) is 39.5 Å². The Morgan fingerprint density at radius 3 is 2.33 bits per heavy atom. The molecule has 0 aromatic rings. The highest BCUT2D eigenvalue weighted by Crippen LogP contribution is 2.13. The summed E-state index contributed by atoms with van der Waals surface area (Å²) in [6, 6.07) is 0. The fourth-order valence-electron chi connectivity index (χ4n) is 1.83. The van der Waals surface area contributed by atoms with Crippen molar-refractivity contribution in [3.63, 3.8) is 0 Å². The van der Waals surface area contributed by atoms with Crippen LogP contribution in [0.2, 0.25) is 0 Å². The Kier molecular flexibility index (Phi) is 10.3. The maximum atomic E-state index is 11.8. The van der Waals surface area contributed by atoms with Gasteiger partial charge in [0.2, 0.25) is 0 Å². The third kappa shape index (κ3) is 8.46. The first kappa shape index (κ1) is 20.1. The van der Waals surface area contributed by atoms with Gasteiger partial charge >= 0.3 is 11.9 Å². The summed E-state index contributed by atoms with van der Waals surface area (Å²) in [5, 5.41) is 0. The highest BCUT2D eigenvalue weighted by Gasteiger charge is 2.26. The largest absolute Gasteiger partial charge is 0.461 e. The van der Waals surface area contributed by atoms with Crippen LogP contribution >= 0.6 is 67.8 Å². The smallest absolute Gasteiger partial charge is 0.329 e. The van der Waals surface area contributed by atoms with Gasteiger partial charge in [-0.3, -0.25) is 9.59 Å². The topological polar surface area (TPSA) is 66.3 Å². The Hall–Kier alpha value is 1.05. The molecule has 0 amide bonds. The zero-order chi connectivity index (χ0) is 15.8. The third-order valence-corrected chi connectivity index (χ3v) is 4.44. The predicted octanol–water partition coefficient (Wildman–Crippen LogP) is 0.376. The van der Waals surface area contributed by atoms with Crippen LogP contribution in [0.5, 0.6) is 0 Å². The lowest BCUT2D eigenvalue weighted by Crippen LogP contribution is -3.15. The average Bonchev–Trinajstić information content (AvgIpc) is 2.45. The van der Waals surface area contributed by atoms with E-state index in [4.69, 9.17) is 14.2 Å². The molecule has 9 heteroatoms. The van der Waals surface area contributed by atoms with Gasteiger partial charge < -0.3 is 19.1 Å². The molecular formula is C12H19I3NO5+. The maximum Gasteiger partial charge on any atom is 0.329 e. The zero-order valence-corrected chi connectivity index (χ0v) is 18.1. The molecule has 1 aliphatic heterocycles. The van der Waals surface area contributed by atoms with E-state index in [0.717, 1.165) is 13.1 Å². The fourth-order valence-corrected chi connectivity index (χ4v) is 2.30. The van der Waals surface area contributed by atoms with Crippen LogP contribution < -0.4 is 4.90 Å². The molecule has 21 heavy (non-hydrogen) atoms. The molecule has 6 nitrogen and oxygen atoms in total. The van der Waals surface area contributed by atoms with E-state index in [1.807, 2.05) is 67.8 Å². The second-order valence-electron chi connectivity index (χ2n) is 4.67. The number of quaternary nitrogens is 1. The van der Waals surface area contributed by atoms with E-state index >= 15 is 0 Å². The van der Waals surface area contributed by atoms with E-state index in [2.05, 4.69) is 0 Å². The zero-order valence-electron chi connectivity index (χ0n) is 11.6. The van der Waals surface area contributed by atoms with Crippen LogP contribution in [0.25, 0.3) is 0 Å². The van der Waals surface area contributed by atoms with Gasteiger partial charge in [0.15, 0.2) is 8.04 Å². The molecule has 1 aliphatic rings. The number of esters is 2. The van der Waals surface area contributed by atoms with Crippen molar-refractivity contribution < 1.29 is 28.7 Å². The summed E-state index contributed by atoms with van der Waals surface area (Å²) in [6.45, 7) is 5.69. The van der Waals surface area contributed by atoms with Crippen molar-refractivity contribution in [1.29, 1.82) is 0 Å². The Balaban J connectivity index is 2.51. The van der Waals surface area contributed by atoms with Gasteiger partial charge in [-0.05, 0) is 6.92 Å². The monoisotopic (exact) mass is 638 g/mol. The summed E-state index contributed by atoms with van der Waals surface area (Å²) >= 11 is 6.00. The lowest BCUT2D eigenvalue weighted by Gasteiger charge is -2.27. The second-order valence-corrected chi connectivity index (χ2v) is 11.4. The number of morpholine rings is 1. The average molecular weight is 638 g/mol. The van der Waals surface area contributed by atoms with E-state index in [1.54, 1.807) is 6.92 Å². The molecule has 0 saturated carbocycles. The van der Waals surface area contributed by atoms with Crippen LogP contribution in [0.3, 0.4) is 0 Å². The number of carbonyl (C=O) groups excluding carboxylic acids is 2. The quantitative estimate of drug-likeness (QED) is 0.249. The Labute approximate surface area is 165 Å². The summed E-state index contributed by atoms with van der Waals surface area (Å²) in [4.78, 5) is 24.6. The van der Waals surface area contributed by atoms with E-state index in [0.29, 0.717) is 19.8 Å². The molecule has 1 saturated heterocycles. The highest BCUT2D eigenvalue weighted by atomic mass is 127. The molecule has 0 spiro atoms.